The molecule has 62 heavy (non-hydrogen) atoms. The van der Waals surface area contributed by atoms with Crippen LogP contribution in [-0.2, 0) is 23.7 Å². The zero-order chi connectivity index (χ0) is 45.0. The molecule has 1 aliphatic heterocycles. The van der Waals surface area contributed by atoms with Crippen LogP contribution in [0.1, 0.15) is 219 Å². The summed E-state index contributed by atoms with van der Waals surface area (Å²) in [5.74, 6) is -0.324. The first-order valence-electron chi connectivity index (χ1n) is 25.7. The van der Waals surface area contributed by atoms with Crippen LogP contribution in [0.25, 0.3) is 0 Å². The highest BCUT2D eigenvalue weighted by molar-refractivity contribution is 5.69. The summed E-state index contributed by atoms with van der Waals surface area (Å²) in [5.41, 5.74) is 0. The first kappa shape index (κ1) is 58.2. The van der Waals surface area contributed by atoms with Crippen molar-refractivity contribution in [1.82, 2.24) is 0 Å². The molecule has 1 fully saturated rings. The molecular formula is C53H96O9. The molecule has 0 aliphatic carbocycles. The fourth-order valence-electron chi connectivity index (χ4n) is 7.67. The van der Waals surface area contributed by atoms with Gasteiger partial charge in [0.25, 0.3) is 0 Å². The Bertz CT molecular complexity index is 1090. The van der Waals surface area contributed by atoms with Gasteiger partial charge in [-0.3, -0.25) is 4.79 Å². The van der Waals surface area contributed by atoms with Crippen LogP contribution in [0.5, 0.6) is 0 Å². The third kappa shape index (κ3) is 34.5. The lowest BCUT2D eigenvalue weighted by molar-refractivity contribution is -0.305. The SMILES string of the molecule is CCCCCC/C=C\CCCCCCCC(=O)OC(COCCCCCCCCCCCCC/C=C\C/C=C\C/C=C\CCCCCCC)COC1OC(CO)C(O)C(O)C1O. The maximum absolute atomic E-state index is 12.8. The first-order valence-corrected chi connectivity index (χ1v) is 25.7. The van der Waals surface area contributed by atoms with Crippen LogP contribution in [-0.4, -0.2) is 89.6 Å². The smallest absolute Gasteiger partial charge is 0.306 e. The monoisotopic (exact) mass is 877 g/mol. The Morgan fingerprint density at radius 1 is 0.516 bits per heavy atom. The maximum Gasteiger partial charge on any atom is 0.306 e. The molecule has 0 amide bonds. The molecule has 0 aromatic rings. The van der Waals surface area contributed by atoms with E-state index in [1.807, 2.05) is 0 Å². The molecule has 1 heterocycles. The van der Waals surface area contributed by atoms with Gasteiger partial charge in [-0.15, -0.1) is 0 Å². The van der Waals surface area contributed by atoms with Crippen molar-refractivity contribution >= 4 is 5.97 Å². The second-order valence-electron chi connectivity index (χ2n) is 17.6. The summed E-state index contributed by atoms with van der Waals surface area (Å²) in [5, 5.41) is 40.2. The molecule has 4 N–H and O–H groups in total. The zero-order valence-electron chi connectivity index (χ0n) is 39.9. The van der Waals surface area contributed by atoms with E-state index < -0.39 is 43.4 Å². The van der Waals surface area contributed by atoms with Crippen molar-refractivity contribution in [1.29, 1.82) is 0 Å². The lowest BCUT2D eigenvalue weighted by Gasteiger charge is -2.39. The molecular weight excluding hydrogens is 781 g/mol. The topological polar surface area (TPSA) is 135 Å². The van der Waals surface area contributed by atoms with Gasteiger partial charge in [-0.05, 0) is 77.0 Å². The molecule has 0 bridgehead atoms. The van der Waals surface area contributed by atoms with Gasteiger partial charge in [0.2, 0.25) is 0 Å². The molecule has 0 saturated carbocycles. The Kier molecular flexibility index (Phi) is 41.6. The molecule has 0 spiro atoms. The molecule has 0 aromatic carbocycles. The van der Waals surface area contributed by atoms with Gasteiger partial charge in [0.15, 0.2) is 6.29 Å². The Balaban J connectivity index is 2.17. The summed E-state index contributed by atoms with van der Waals surface area (Å²) < 4.78 is 22.9. The second-order valence-corrected chi connectivity index (χ2v) is 17.6. The summed E-state index contributed by atoms with van der Waals surface area (Å²) in [7, 11) is 0. The van der Waals surface area contributed by atoms with Crippen LogP contribution in [0.4, 0.5) is 0 Å². The molecule has 6 atom stereocenters. The highest BCUT2D eigenvalue weighted by atomic mass is 16.7. The van der Waals surface area contributed by atoms with Crippen molar-refractivity contribution < 1.29 is 44.2 Å². The standard InChI is InChI=1S/C53H96O9/c1-3-5-7-9-11-13-15-17-18-19-20-21-22-23-24-25-26-27-28-29-31-33-35-37-39-41-43-59-45-47(46-60-53-52(58)51(57)50(56)48(44-54)62-53)61-49(55)42-40-38-36-34-32-30-16-14-12-10-8-6-4-2/h14-17,19-20,22-23,47-48,50-54,56-58H,3-13,18,21,24-46H2,1-2H3/b16-14-,17-15-,20-19-,23-22-. The number of rotatable bonds is 44. The van der Waals surface area contributed by atoms with Crippen LogP contribution in [0.2, 0.25) is 0 Å². The minimum atomic E-state index is -1.54. The van der Waals surface area contributed by atoms with E-state index >= 15 is 0 Å². The van der Waals surface area contributed by atoms with Gasteiger partial charge in [-0.2, -0.15) is 0 Å². The van der Waals surface area contributed by atoms with Crippen LogP contribution in [0, 0.1) is 0 Å². The number of hydrogen-bond donors (Lipinski definition) is 4. The van der Waals surface area contributed by atoms with Crippen molar-refractivity contribution in [2.24, 2.45) is 0 Å². The zero-order valence-corrected chi connectivity index (χ0v) is 39.9. The molecule has 9 nitrogen and oxygen atoms in total. The molecule has 0 aromatic heterocycles. The minimum absolute atomic E-state index is 0.118. The summed E-state index contributed by atoms with van der Waals surface area (Å²) >= 11 is 0. The average Bonchev–Trinajstić information content (AvgIpc) is 3.27. The van der Waals surface area contributed by atoms with Gasteiger partial charge in [-0.25, -0.2) is 0 Å². The van der Waals surface area contributed by atoms with E-state index in [9.17, 15) is 25.2 Å². The van der Waals surface area contributed by atoms with Gasteiger partial charge < -0.3 is 39.4 Å². The van der Waals surface area contributed by atoms with Gasteiger partial charge in [0, 0.05) is 13.0 Å². The van der Waals surface area contributed by atoms with Crippen molar-refractivity contribution in [2.75, 3.05) is 26.4 Å². The fraction of sp³-hybridized carbons (Fsp3) is 0.830. The summed E-state index contributed by atoms with van der Waals surface area (Å²) in [6, 6.07) is 0. The molecule has 1 saturated heterocycles. The fourth-order valence-corrected chi connectivity index (χ4v) is 7.67. The third-order valence-corrected chi connectivity index (χ3v) is 11.7. The van der Waals surface area contributed by atoms with Gasteiger partial charge in [-0.1, -0.05) is 184 Å². The molecule has 362 valence electrons. The number of ether oxygens (including phenoxy) is 4. The highest BCUT2D eigenvalue weighted by Crippen LogP contribution is 2.23. The quantitative estimate of drug-likeness (QED) is 0.0268. The molecule has 9 heteroatoms. The van der Waals surface area contributed by atoms with E-state index in [1.54, 1.807) is 0 Å². The average molecular weight is 877 g/mol. The van der Waals surface area contributed by atoms with Crippen molar-refractivity contribution in [2.45, 2.75) is 256 Å². The lowest BCUT2D eigenvalue weighted by atomic mass is 9.99. The predicted octanol–water partition coefficient (Wildman–Crippen LogP) is 12.5. The van der Waals surface area contributed by atoms with Crippen LogP contribution in [0.15, 0.2) is 48.6 Å². The normalized spacial score (nSPS) is 20.1. The summed E-state index contributed by atoms with van der Waals surface area (Å²) in [6.07, 6.45) is 48.6. The summed E-state index contributed by atoms with van der Waals surface area (Å²) in [4.78, 5) is 12.8. The summed E-state index contributed by atoms with van der Waals surface area (Å²) in [6.45, 7) is 4.53. The number of unbranched alkanes of at least 4 members (excludes halogenated alkanes) is 25. The number of allylic oxidation sites excluding steroid dienone is 8. The van der Waals surface area contributed by atoms with E-state index in [2.05, 4.69) is 62.5 Å². The first-order chi connectivity index (χ1) is 30.4. The maximum atomic E-state index is 12.8. The number of aliphatic hydroxyl groups excluding tert-OH is 4. The van der Waals surface area contributed by atoms with Crippen LogP contribution in [0.3, 0.4) is 0 Å². The number of esters is 1. The Hall–Kier alpha value is -1.85. The predicted molar refractivity (Wildman–Crippen MR) is 256 cm³/mol. The molecule has 1 rings (SSSR count). The third-order valence-electron chi connectivity index (χ3n) is 11.7. The Morgan fingerprint density at radius 3 is 1.44 bits per heavy atom. The number of aliphatic hydroxyl groups is 4. The van der Waals surface area contributed by atoms with Crippen molar-refractivity contribution in [3.63, 3.8) is 0 Å². The number of carbonyl (C=O) groups is 1. The van der Waals surface area contributed by atoms with Gasteiger partial charge in [0.1, 0.15) is 30.5 Å². The van der Waals surface area contributed by atoms with E-state index in [4.69, 9.17) is 18.9 Å². The van der Waals surface area contributed by atoms with Crippen LogP contribution < -0.4 is 0 Å². The number of hydrogen-bond acceptors (Lipinski definition) is 9. The van der Waals surface area contributed by atoms with E-state index in [1.165, 1.54) is 141 Å². The largest absolute Gasteiger partial charge is 0.457 e. The van der Waals surface area contributed by atoms with Crippen LogP contribution >= 0.6 is 0 Å². The molecule has 0 radical (unpaired) electrons. The molecule has 6 unspecified atom stereocenters. The van der Waals surface area contributed by atoms with Crippen molar-refractivity contribution in [3.8, 4) is 0 Å². The minimum Gasteiger partial charge on any atom is -0.457 e. The van der Waals surface area contributed by atoms with Gasteiger partial charge >= 0.3 is 5.97 Å². The van der Waals surface area contributed by atoms with E-state index in [0.29, 0.717) is 13.0 Å². The number of carbonyl (C=O) groups excluding carboxylic acids is 1. The Morgan fingerprint density at radius 2 is 0.935 bits per heavy atom. The van der Waals surface area contributed by atoms with Crippen molar-refractivity contribution in [3.05, 3.63) is 48.6 Å². The molecule has 1 aliphatic rings. The lowest BCUT2D eigenvalue weighted by Crippen LogP contribution is -2.59. The second kappa shape index (κ2) is 44.4. The van der Waals surface area contributed by atoms with E-state index in [-0.39, 0.29) is 19.2 Å². The van der Waals surface area contributed by atoms with Gasteiger partial charge in [0.05, 0.1) is 19.8 Å². The Labute approximate surface area is 380 Å². The van der Waals surface area contributed by atoms with E-state index in [0.717, 1.165) is 57.8 Å². The highest BCUT2D eigenvalue weighted by Gasteiger charge is 2.44.